The molecule has 0 unspecified atom stereocenters. The highest BCUT2D eigenvalue weighted by Crippen LogP contribution is 2.09. The second-order valence-electron chi connectivity index (χ2n) is 5.27. The summed E-state index contributed by atoms with van der Waals surface area (Å²) in [5.41, 5.74) is 1.83. The lowest BCUT2D eigenvalue weighted by atomic mass is 10.1. The first-order chi connectivity index (χ1) is 9.56. The van der Waals surface area contributed by atoms with E-state index in [0.29, 0.717) is 5.56 Å². The molecule has 20 heavy (non-hydrogen) atoms. The van der Waals surface area contributed by atoms with Gasteiger partial charge in [-0.3, -0.25) is 4.90 Å². The van der Waals surface area contributed by atoms with E-state index < -0.39 is 0 Å². The van der Waals surface area contributed by atoms with E-state index >= 15 is 0 Å². The summed E-state index contributed by atoms with van der Waals surface area (Å²) >= 11 is 0. The normalized spacial score (nSPS) is 11.1. The Balaban J connectivity index is 2.61. The van der Waals surface area contributed by atoms with Gasteiger partial charge in [0.2, 0.25) is 0 Å². The van der Waals surface area contributed by atoms with Crippen LogP contribution in [0.4, 0.5) is 0 Å². The molecule has 0 aliphatic heterocycles. The molecule has 0 amide bonds. The molecule has 112 valence electrons. The highest BCUT2D eigenvalue weighted by atomic mass is 16.5. The van der Waals surface area contributed by atoms with Crippen LogP contribution < -0.4 is 0 Å². The third kappa shape index (κ3) is 5.72. The number of nitrogens with zero attached hydrogens (tertiary/aromatic N) is 2. The molecule has 0 radical (unpaired) electrons. The van der Waals surface area contributed by atoms with Crippen molar-refractivity contribution in [1.82, 2.24) is 9.80 Å². The third-order valence-electron chi connectivity index (χ3n) is 3.18. The SMILES string of the molecule is CCCN(CCN(C)C)Cc1ccc(C(=O)OC)cc1. The fraction of sp³-hybridized carbons (Fsp3) is 0.562. The molecule has 4 heteroatoms. The van der Waals surface area contributed by atoms with E-state index in [4.69, 9.17) is 4.74 Å². The van der Waals surface area contributed by atoms with Gasteiger partial charge in [0, 0.05) is 19.6 Å². The minimum atomic E-state index is -0.283. The predicted octanol–water partition coefficient (Wildman–Crippen LogP) is 2.25. The number of hydrogen-bond acceptors (Lipinski definition) is 4. The molecule has 0 N–H and O–H groups in total. The van der Waals surface area contributed by atoms with Gasteiger partial charge in [0.1, 0.15) is 0 Å². The smallest absolute Gasteiger partial charge is 0.337 e. The molecule has 0 aromatic heterocycles. The Hall–Kier alpha value is -1.39. The van der Waals surface area contributed by atoms with Crippen LogP contribution in [-0.4, -0.2) is 56.6 Å². The van der Waals surface area contributed by atoms with Gasteiger partial charge in [0.15, 0.2) is 0 Å². The topological polar surface area (TPSA) is 32.8 Å². The van der Waals surface area contributed by atoms with Crippen LogP contribution in [0.1, 0.15) is 29.3 Å². The fourth-order valence-electron chi connectivity index (χ4n) is 2.05. The van der Waals surface area contributed by atoms with Gasteiger partial charge in [-0.25, -0.2) is 4.79 Å². The third-order valence-corrected chi connectivity index (χ3v) is 3.18. The van der Waals surface area contributed by atoms with E-state index in [1.807, 2.05) is 24.3 Å². The zero-order valence-corrected chi connectivity index (χ0v) is 13.1. The minimum absolute atomic E-state index is 0.283. The van der Waals surface area contributed by atoms with Crippen molar-refractivity contribution in [3.63, 3.8) is 0 Å². The minimum Gasteiger partial charge on any atom is -0.465 e. The Bertz CT molecular complexity index is 401. The molecule has 0 heterocycles. The number of rotatable bonds is 8. The van der Waals surface area contributed by atoms with Gasteiger partial charge in [0.05, 0.1) is 12.7 Å². The predicted molar refractivity (Wildman–Crippen MR) is 81.9 cm³/mol. The summed E-state index contributed by atoms with van der Waals surface area (Å²) in [5.74, 6) is -0.283. The number of carbonyl (C=O) groups excluding carboxylic acids is 1. The number of likely N-dealkylation sites (N-methyl/N-ethyl adjacent to an activating group) is 1. The van der Waals surface area contributed by atoms with Crippen molar-refractivity contribution >= 4 is 5.97 Å². The van der Waals surface area contributed by atoms with E-state index in [0.717, 1.165) is 32.6 Å². The molecule has 1 rings (SSSR count). The fourth-order valence-corrected chi connectivity index (χ4v) is 2.05. The number of esters is 1. The molecule has 0 saturated heterocycles. The maximum absolute atomic E-state index is 11.4. The van der Waals surface area contributed by atoms with Crippen molar-refractivity contribution in [1.29, 1.82) is 0 Å². The highest BCUT2D eigenvalue weighted by Gasteiger charge is 2.08. The summed E-state index contributed by atoms with van der Waals surface area (Å²) in [4.78, 5) is 16.0. The van der Waals surface area contributed by atoms with Gasteiger partial charge in [0.25, 0.3) is 0 Å². The maximum atomic E-state index is 11.4. The Morgan fingerprint density at radius 2 is 1.75 bits per heavy atom. The summed E-state index contributed by atoms with van der Waals surface area (Å²) in [6, 6.07) is 7.67. The lowest BCUT2D eigenvalue weighted by molar-refractivity contribution is 0.0600. The molecule has 0 spiro atoms. The second-order valence-corrected chi connectivity index (χ2v) is 5.27. The van der Waals surface area contributed by atoms with Crippen LogP contribution in [0.5, 0.6) is 0 Å². The van der Waals surface area contributed by atoms with Crippen molar-refractivity contribution in [2.24, 2.45) is 0 Å². The zero-order valence-electron chi connectivity index (χ0n) is 13.1. The van der Waals surface area contributed by atoms with Crippen molar-refractivity contribution in [2.75, 3.05) is 40.8 Å². The van der Waals surface area contributed by atoms with Crippen LogP contribution in [0.15, 0.2) is 24.3 Å². The van der Waals surface area contributed by atoms with Gasteiger partial charge < -0.3 is 9.64 Å². The van der Waals surface area contributed by atoms with Crippen molar-refractivity contribution in [3.05, 3.63) is 35.4 Å². The molecular formula is C16H26N2O2. The van der Waals surface area contributed by atoms with Gasteiger partial charge in [-0.05, 0) is 44.8 Å². The summed E-state index contributed by atoms with van der Waals surface area (Å²) in [5, 5.41) is 0. The van der Waals surface area contributed by atoms with E-state index in [1.165, 1.54) is 12.7 Å². The number of ether oxygens (including phenoxy) is 1. The van der Waals surface area contributed by atoms with E-state index in [2.05, 4.69) is 30.8 Å². The van der Waals surface area contributed by atoms with Crippen molar-refractivity contribution in [2.45, 2.75) is 19.9 Å². The van der Waals surface area contributed by atoms with E-state index in [1.54, 1.807) is 0 Å². The largest absolute Gasteiger partial charge is 0.465 e. The van der Waals surface area contributed by atoms with Gasteiger partial charge >= 0.3 is 5.97 Å². The van der Waals surface area contributed by atoms with Gasteiger partial charge in [-0.15, -0.1) is 0 Å². The van der Waals surface area contributed by atoms with E-state index in [-0.39, 0.29) is 5.97 Å². The van der Waals surface area contributed by atoms with Gasteiger partial charge in [-0.2, -0.15) is 0 Å². The molecule has 0 atom stereocenters. The summed E-state index contributed by atoms with van der Waals surface area (Å²) in [6.45, 7) is 6.32. The molecule has 0 bridgehead atoms. The Kier molecular flexibility index (Phi) is 7.26. The van der Waals surface area contributed by atoms with Crippen LogP contribution in [0.25, 0.3) is 0 Å². The summed E-state index contributed by atoms with van der Waals surface area (Å²) < 4.78 is 4.71. The van der Waals surface area contributed by atoms with Crippen LogP contribution in [0.2, 0.25) is 0 Å². The summed E-state index contributed by atoms with van der Waals surface area (Å²) in [7, 11) is 5.59. The summed E-state index contributed by atoms with van der Waals surface area (Å²) in [6.07, 6.45) is 1.15. The number of carbonyl (C=O) groups is 1. The van der Waals surface area contributed by atoms with Crippen LogP contribution in [-0.2, 0) is 11.3 Å². The molecule has 0 aliphatic carbocycles. The Morgan fingerprint density at radius 3 is 2.25 bits per heavy atom. The molecular weight excluding hydrogens is 252 g/mol. The van der Waals surface area contributed by atoms with Crippen LogP contribution >= 0.6 is 0 Å². The first-order valence-electron chi connectivity index (χ1n) is 7.11. The van der Waals surface area contributed by atoms with Crippen molar-refractivity contribution < 1.29 is 9.53 Å². The molecule has 1 aromatic rings. The molecule has 4 nitrogen and oxygen atoms in total. The molecule has 1 aromatic carbocycles. The average Bonchev–Trinajstić information content (AvgIpc) is 2.45. The Morgan fingerprint density at radius 1 is 1.10 bits per heavy atom. The number of methoxy groups -OCH3 is 1. The van der Waals surface area contributed by atoms with Gasteiger partial charge in [-0.1, -0.05) is 19.1 Å². The lowest BCUT2D eigenvalue weighted by Gasteiger charge is -2.23. The Labute approximate surface area is 122 Å². The lowest BCUT2D eigenvalue weighted by Crippen LogP contribution is -2.32. The van der Waals surface area contributed by atoms with Crippen LogP contribution in [0, 0.1) is 0 Å². The molecule has 0 saturated carbocycles. The average molecular weight is 278 g/mol. The van der Waals surface area contributed by atoms with E-state index in [9.17, 15) is 4.79 Å². The number of benzene rings is 1. The standard InChI is InChI=1S/C16H26N2O2/c1-5-10-18(12-11-17(2)3)13-14-6-8-15(9-7-14)16(19)20-4/h6-9H,5,10-13H2,1-4H3. The first-order valence-corrected chi connectivity index (χ1v) is 7.11. The van der Waals surface area contributed by atoms with Crippen molar-refractivity contribution in [3.8, 4) is 0 Å². The zero-order chi connectivity index (χ0) is 15.0. The second kappa shape index (κ2) is 8.72. The first kappa shape index (κ1) is 16.7. The monoisotopic (exact) mass is 278 g/mol. The maximum Gasteiger partial charge on any atom is 0.337 e. The quantitative estimate of drug-likeness (QED) is 0.683. The highest BCUT2D eigenvalue weighted by molar-refractivity contribution is 5.89. The van der Waals surface area contributed by atoms with Crippen LogP contribution in [0.3, 0.4) is 0 Å². The number of hydrogen-bond donors (Lipinski definition) is 0. The molecule has 0 fully saturated rings. The molecule has 0 aliphatic rings.